The first kappa shape index (κ1) is 21.9. The van der Waals surface area contributed by atoms with Crippen molar-refractivity contribution < 1.29 is 9.53 Å². The second kappa shape index (κ2) is 10.8. The molecule has 1 aromatic heterocycles. The van der Waals surface area contributed by atoms with Crippen molar-refractivity contribution in [3.8, 4) is 17.1 Å². The number of aromatic nitrogens is 3. The Hall–Kier alpha value is -2.80. The van der Waals surface area contributed by atoms with Gasteiger partial charge in [0.1, 0.15) is 5.75 Å². The molecule has 0 unspecified atom stereocenters. The van der Waals surface area contributed by atoms with Gasteiger partial charge in [-0.3, -0.25) is 4.79 Å². The Labute approximate surface area is 182 Å². The van der Waals surface area contributed by atoms with Crippen LogP contribution in [0.25, 0.3) is 11.4 Å². The van der Waals surface area contributed by atoms with Crippen LogP contribution in [-0.4, -0.2) is 33.0 Å². The third kappa shape index (κ3) is 5.63. The van der Waals surface area contributed by atoms with Crippen LogP contribution in [0, 0.1) is 6.92 Å². The zero-order chi connectivity index (χ0) is 21.3. The number of unbranched alkanes of at least 4 members (excludes halogenated alkanes) is 1. The highest BCUT2D eigenvalue weighted by Gasteiger charge is 2.15. The van der Waals surface area contributed by atoms with Crippen LogP contribution in [0.3, 0.4) is 0 Å². The molecule has 1 amide bonds. The Morgan fingerprint density at radius 1 is 1.10 bits per heavy atom. The Bertz CT molecular complexity index is 970. The summed E-state index contributed by atoms with van der Waals surface area (Å²) < 4.78 is 7.76. The molecule has 2 aromatic carbocycles. The molecule has 0 spiro atoms. The fourth-order valence-electron chi connectivity index (χ4n) is 2.96. The number of nitrogens with zero attached hydrogens (tertiary/aromatic N) is 3. The van der Waals surface area contributed by atoms with Gasteiger partial charge < -0.3 is 14.6 Å². The van der Waals surface area contributed by atoms with Crippen LogP contribution < -0.4 is 10.1 Å². The van der Waals surface area contributed by atoms with Crippen LogP contribution >= 0.6 is 11.8 Å². The van der Waals surface area contributed by atoms with Gasteiger partial charge in [-0.2, -0.15) is 0 Å². The molecule has 0 saturated heterocycles. The van der Waals surface area contributed by atoms with Crippen molar-refractivity contribution in [3.05, 3.63) is 54.1 Å². The van der Waals surface area contributed by atoms with Crippen molar-refractivity contribution >= 4 is 23.4 Å². The number of amides is 1. The van der Waals surface area contributed by atoms with Crippen LogP contribution in [0.4, 0.5) is 5.69 Å². The summed E-state index contributed by atoms with van der Waals surface area (Å²) in [4.78, 5) is 12.4. The summed E-state index contributed by atoms with van der Waals surface area (Å²) in [5.41, 5.74) is 2.85. The van der Waals surface area contributed by atoms with Gasteiger partial charge in [-0.25, -0.2) is 0 Å². The molecule has 0 aliphatic carbocycles. The number of thioether (sulfide) groups is 1. The standard InChI is InChI=1S/C23H28N4O2S/c1-4-6-15-29-19-13-11-18(12-14-19)22-25-26-23(27(22)5-2)30-16-21(28)24-20-10-8-7-9-17(20)3/h7-14H,4-6,15-16H2,1-3H3,(H,24,28). The van der Waals surface area contributed by atoms with Crippen molar-refractivity contribution in [3.63, 3.8) is 0 Å². The molecule has 3 aromatic rings. The molecular formula is C23H28N4O2S. The molecule has 0 saturated carbocycles. The number of rotatable bonds is 10. The van der Waals surface area contributed by atoms with Gasteiger partial charge in [0, 0.05) is 17.8 Å². The number of hydrogen-bond donors (Lipinski definition) is 1. The topological polar surface area (TPSA) is 69.0 Å². The molecule has 30 heavy (non-hydrogen) atoms. The first-order valence-corrected chi connectivity index (χ1v) is 11.3. The van der Waals surface area contributed by atoms with Crippen molar-refractivity contribution in [2.75, 3.05) is 17.7 Å². The second-order valence-electron chi connectivity index (χ2n) is 6.93. The average molecular weight is 425 g/mol. The first-order valence-electron chi connectivity index (χ1n) is 10.3. The summed E-state index contributed by atoms with van der Waals surface area (Å²) in [6.07, 6.45) is 2.16. The smallest absolute Gasteiger partial charge is 0.234 e. The predicted molar refractivity (Wildman–Crippen MR) is 122 cm³/mol. The summed E-state index contributed by atoms with van der Waals surface area (Å²) in [5.74, 6) is 1.86. The van der Waals surface area contributed by atoms with E-state index >= 15 is 0 Å². The SMILES string of the molecule is CCCCOc1ccc(-c2nnc(SCC(=O)Nc3ccccc3C)n2CC)cc1. The molecule has 0 bridgehead atoms. The van der Waals surface area contributed by atoms with E-state index in [-0.39, 0.29) is 11.7 Å². The molecule has 158 valence electrons. The van der Waals surface area contributed by atoms with Crippen LogP contribution in [-0.2, 0) is 11.3 Å². The van der Waals surface area contributed by atoms with E-state index in [2.05, 4.69) is 22.4 Å². The minimum Gasteiger partial charge on any atom is -0.494 e. The van der Waals surface area contributed by atoms with E-state index in [1.165, 1.54) is 11.8 Å². The summed E-state index contributed by atoms with van der Waals surface area (Å²) in [5, 5.41) is 12.4. The number of aryl methyl sites for hydroxylation is 1. The first-order chi connectivity index (χ1) is 14.6. The van der Waals surface area contributed by atoms with Crippen LogP contribution in [0.1, 0.15) is 32.3 Å². The van der Waals surface area contributed by atoms with Crippen LogP contribution in [0.5, 0.6) is 5.75 Å². The molecule has 6 nitrogen and oxygen atoms in total. The molecule has 0 aliphatic rings. The molecule has 0 radical (unpaired) electrons. The van der Waals surface area contributed by atoms with Crippen molar-refractivity contribution in [2.24, 2.45) is 0 Å². The lowest BCUT2D eigenvalue weighted by Crippen LogP contribution is -2.15. The lowest BCUT2D eigenvalue weighted by Gasteiger charge is -2.10. The highest BCUT2D eigenvalue weighted by molar-refractivity contribution is 7.99. The maximum absolute atomic E-state index is 12.4. The number of benzene rings is 2. The monoisotopic (exact) mass is 424 g/mol. The Morgan fingerprint density at radius 3 is 2.57 bits per heavy atom. The Balaban J connectivity index is 1.64. The second-order valence-corrected chi connectivity index (χ2v) is 7.87. The van der Waals surface area contributed by atoms with E-state index in [0.29, 0.717) is 0 Å². The third-order valence-electron chi connectivity index (χ3n) is 4.66. The van der Waals surface area contributed by atoms with Gasteiger partial charge >= 0.3 is 0 Å². The summed E-state index contributed by atoms with van der Waals surface area (Å²) in [7, 11) is 0. The number of carbonyl (C=O) groups is 1. The molecule has 0 atom stereocenters. The number of para-hydroxylation sites is 1. The van der Waals surface area contributed by atoms with E-state index in [9.17, 15) is 4.79 Å². The van der Waals surface area contributed by atoms with Crippen molar-refractivity contribution in [1.29, 1.82) is 0 Å². The highest BCUT2D eigenvalue weighted by Crippen LogP contribution is 2.26. The lowest BCUT2D eigenvalue weighted by atomic mass is 10.2. The molecule has 0 fully saturated rings. The van der Waals surface area contributed by atoms with Gasteiger partial charge in [-0.1, -0.05) is 43.3 Å². The number of anilines is 1. The van der Waals surface area contributed by atoms with E-state index < -0.39 is 0 Å². The fourth-order valence-corrected chi connectivity index (χ4v) is 3.76. The number of carbonyl (C=O) groups excluding carboxylic acids is 1. The van der Waals surface area contributed by atoms with Gasteiger partial charge in [-0.15, -0.1) is 10.2 Å². The van der Waals surface area contributed by atoms with Crippen LogP contribution in [0.15, 0.2) is 53.7 Å². The summed E-state index contributed by atoms with van der Waals surface area (Å²) in [6.45, 7) is 7.62. The van der Waals surface area contributed by atoms with Gasteiger partial charge in [-0.05, 0) is 56.2 Å². The third-order valence-corrected chi connectivity index (χ3v) is 5.63. The predicted octanol–water partition coefficient (Wildman–Crippen LogP) is 5.18. The number of hydrogen-bond acceptors (Lipinski definition) is 5. The largest absolute Gasteiger partial charge is 0.494 e. The average Bonchev–Trinajstić information content (AvgIpc) is 3.17. The summed E-state index contributed by atoms with van der Waals surface area (Å²) in [6, 6.07) is 15.7. The van der Waals surface area contributed by atoms with Crippen molar-refractivity contribution in [2.45, 2.75) is 45.3 Å². The molecule has 3 rings (SSSR count). The minimum atomic E-state index is -0.0601. The van der Waals surface area contributed by atoms with E-state index in [1.54, 1.807) is 0 Å². The maximum atomic E-state index is 12.4. The molecule has 1 heterocycles. The molecule has 0 aliphatic heterocycles. The maximum Gasteiger partial charge on any atom is 0.234 e. The quantitative estimate of drug-likeness (QED) is 0.359. The highest BCUT2D eigenvalue weighted by atomic mass is 32.2. The molecule has 7 heteroatoms. The van der Waals surface area contributed by atoms with Gasteiger partial charge in [0.25, 0.3) is 0 Å². The van der Waals surface area contributed by atoms with E-state index in [1.807, 2.05) is 66.9 Å². The van der Waals surface area contributed by atoms with Crippen LogP contribution in [0.2, 0.25) is 0 Å². The Kier molecular flexibility index (Phi) is 7.90. The zero-order valence-corrected chi connectivity index (χ0v) is 18.5. The van der Waals surface area contributed by atoms with Gasteiger partial charge in [0.05, 0.1) is 12.4 Å². The van der Waals surface area contributed by atoms with Crippen molar-refractivity contribution in [1.82, 2.24) is 14.8 Å². The normalized spacial score (nSPS) is 10.8. The number of ether oxygens (including phenoxy) is 1. The Morgan fingerprint density at radius 2 is 1.87 bits per heavy atom. The summed E-state index contributed by atoms with van der Waals surface area (Å²) >= 11 is 1.39. The van der Waals surface area contributed by atoms with Gasteiger partial charge in [0.15, 0.2) is 11.0 Å². The minimum absolute atomic E-state index is 0.0601. The fraction of sp³-hybridized carbons (Fsp3) is 0.348. The lowest BCUT2D eigenvalue weighted by molar-refractivity contribution is -0.113. The molecular weight excluding hydrogens is 396 g/mol. The van der Waals surface area contributed by atoms with E-state index in [0.717, 1.165) is 59.5 Å². The number of nitrogens with one attached hydrogen (secondary N) is 1. The molecule has 1 N–H and O–H groups in total. The van der Waals surface area contributed by atoms with Gasteiger partial charge in [0.2, 0.25) is 5.91 Å². The zero-order valence-electron chi connectivity index (χ0n) is 17.7. The van der Waals surface area contributed by atoms with E-state index in [4.69, 9.17) is 4.74 Å².